The number of halogens is 1. The number of likely N-dealkylation sites (tertiary alicyclic amines) is 1. The summed E-state index contributed by atoms with van der Waals surface area (Å²) in [5, 5.41) is 3.43. The molecule has 47 heavy (non-hydrogen) atoms. The molecule has 0 spiro atoms. The third-order valence-electron chi connectivity index (χ3n) is 10.0. The number of carbonyl (C=O) groups excluding carboxylic acids is 1. The highest BCUT2D eigenvalue weighted by Crippen LogP contribution is 2.34. The van der Waals surface area contributed by atoms with Crippen molar-refractivity contribution in [3.8, 4) is 22.4 Å². The number of carbonyl (C=O) groups is 1. The molecule has 1 amide bonds. The van der Waals surface area contributed by atoms with E-state index in [9.17, 15) is 4.79 Å². The highest BCUT2D eigenvalue weighted by molar-refractivity contribution is 6.03. The van der Waals surface area contributed by atoms with Crippen molar-refractivity contribution in [1.29, 1.82) is 0 Å². The average molecular weight is 631 g/mol. The topological polar surface area (TPSA) is 76.6 Å². The van der Waals surface area contributed by atoms with Crippen molar-refractivity contribution in [3.05, 3.63) is 108 Å². The molecule has 3 aromatic carbocycles. The third-order valence-corrected chi connectivity index (χ3v) is 10.0. The van der Waals surface area contributed by atoms with Crippen LogP contribution in [0.25, 0.3) is 28.0 Å². The Bertz CT molecular complexity index is 1770. The molecule has 3 atom stereocenters. The van der Waals surface area contributed by atoms with Crippen molar-refractivity contribution in [3.63, 3.8) is 0 Å². The van der Waals surface area contributed by atoms with E-state index in [-0.39, 0.29) is 29.8 Å². The van der Waals surface area contributed by atoms with E-state index < -0.39 is 0 Å². The summed E-state index contributed by atoms with van der Waals surface area (Å²) >= 11 is 0. The fourth-order valence-corrected chi connectivity index (χ4v) is 7.45. The van der Waals surface area contributed by atoms with E-state index in [1.165, 1.54) is 0 Å². The summed E-state index contributed by atoms with van der Waals surface area (Å²) in [5.74, 6) is 0.761. The number of likely N-dealkylation sites (N-methyl/N-ethyl adjacent to an activating group) is 1. The predicted molar refractivity (Wildman–Crippen MR) is 186 cm³/mol. The quantitative estimate of drug-likeness (QED) is 0.190. The Morgan fingerprint density at radius 1 is 0.979 bits per heavy atom. The molecule has 0 saturated carbocycles. The maximum absolute atomic E-state index is 15.3. The van der Waals surface area contributed by atoms with Crippen molar-refractivity contribution in [2.45, 2.75) is 64.1 Å². The van der Waals surface area contributed by atoms with E-state index in [1.807, 2.05) is 48.7 Å². The Balaban J connectivity index is 1.02. The molecule has 7 nitrogen and oxygen atoms in total. The van der Waals surface area contributed by atoms with Crippen molar-refractivity contribution in [2.24, 2.45) is 4.99 Å². The van der Waals surface area contributed by atoms with E-state index >= 15 is 4.39 Å². The minimum atomic E-state index is -0.293. The van der Waals surface area contributed by atoms with Gasteiger partial charge < -0.3 is 15.2 Å². The number of nitrogens with one attached hydrogen (secondary N) is 2. The standard InChI is InChI=1S/C39H43FN6O/c1-3-45(4-2)37(28-10-6-5-7-11-28)39(47)46-21-9-13-36(46)34-23-30(24-42-34)27-16-14-26(15-17-27)29-18-19-31(32(40)22-29)35-25-43-38(44-35)33-12-8-20-41-33/h5-7,10-11,14-19,22,24-25,33,36-37,41H,3-4,8-9,12-13,20-21,23H2,1-2H3,(H,43,44)/t33-,36-,37+/m0/s1. The summed E-state index contributed by atoms with van der Waals surface area (Å²) in [7, 11) is 0. The fraction of sp³-hybridized carbons (Fsp3) is 0.359. The van der Waals surface area contributed by atoms with Crippen LogP contribution in [0.15, 0.2) is 90.2 Å². The number of rotatable bonds is 10. The summed E-state index contributed by atoms with van der Waals surface area (Å²) in [5.41, 5.74) is 7.34. The molecule has 2 fully saturated rings. The fourth-order valence-electron chi connectivity index (χ4n) is 7.45. The molecule has 2 N–H and O–H groups in total. The van der Waals surface area contributed by atoms with E-state index in [0.717, 1.165) is 97.6 Å². The van der Waals surface area contributed by atoms with Crippen LogP contribution in [0.1, 0.15) is 75.0 Å². The van der Waals surface area contributed by atoms with Crippen molar-refractivity contribution in [2.75, 3.05) is 26.2 Å². The van der Waals surface area contributed by atoms with Gasteiger partial charge >= 0.3 is 0 Å². The number of imidazole rings is 1. The third kappa shape index (κ3) is 6.32. The number of aromatic amines is 1. The Morgan fingerprint density at radius 3 is 2.47 bits per heavy atom. The number of H-pyrrole nitrogens is 1. The van der Waals surface area contributed by atoms with Gasteiger partial charge in [-0.05, 0) is 85.3 Å². The van der Waals surface area contributed by atoms with Gasteiger partial charge in [0.25, 0.3) is 0 Å². The number of amides is 1. The number of nitrogens with zero attached hydrogens (tertiary/aromatic N) is 4. The zero-order chi connectivity index (χ0) is 32.3. The van der Waals surface area contributed by atoms with Gasteiger partial charge in [-0.3, -0.25) is 14.7 Å². The predicted octanol–water partition coefficient (Wildman–Crippen LogP) is 7.57. The molecule has 8 heteroatoms. The monoisotopic (exact) mass is 630 g/mol. The van der Waals surface area contributed by atoms with E-state index in [4.69, 9.17) is 4.99 Å². The van der Waals surface area contributed by atoms with Crippen LogP contribution in [0.2, 0.25) is 0 Å². The summed E-state index contributed by atoms with van der Waals surface area (Å²) < 4.78 is 15.3. The van der Waals surface area contributed by atoms with Gasteiger partial charge in [-0.1, -0.05) is 74.5 Å². The van der Waals surface area contributed by atoms with Gasteiger partial charge in [0.2, 0.25) is 5.91 Å². The van der Waals surface area contributed by atoms with Crippen molar-refractivity contribution < 1.29 is 9.18 Å². The first-order chi connectivity index (χ1) is 23.0. The maximum Gasteiger partial charge on any atom is 0.245 e. The number of allylic oxidation sites excluding steroid dienone is 1. The molecule has 3 aliphatic heterocycles. The Labute approximate surface area is 276 Å². The number of hydrogen-bond acceptors (Lipinski definition) is 5. The Hall–Kier alpha value is -4.40. The molecular formula is C39H43FN6O. The lowest BCUT2D eigenvalue weighted by molar-refractivity contribution is -0.137. The van der Waals surface area contributed by atoms with Crippen LogP contribution in [-0.2, 0) is 4.79 Å². The van der Waals surface area contributed by atoms with Crippen LogP contribution >= 0.6 is 0 Å². The van der Waals surface area contributed by atoms with Crippen LogP contribution in [0.4, 0.5) is 4.39 Å². The van der Waals surface area contributed by atoms with Crippen LogP contribution in [-0.4, -0.2) is 63.6 Å². The molecule has 7 rings (SSSR count). The minimum Gasteiger partial charge on any atom is -0.341 e. The highest BCUT2D eigenvalue weighted by atomic mass is 19.1. The van der Waals surface area contributed by atoms with Gasteiger partial charge in [0.05, 0.1) is 24.0 Å². The summed E-state index contributed by atoms with van der Waals surface area (Å²) in [6.07, 6.45) is 8.48. The first-order valence-corrected chi connectivity index (χ1v) is 17.1. The smallest absolute Gasteiger partial charge is 0.245 e. The molecule has 0 aliphatic carbocycles. The minimum absolute atomic E-state index is 0.0131. The number of benzene rings is 3. The Kier molecular flexibility index (Phi) is 9.14. The number of hydrogen-bond donors (Lipinski definition) is 2. The van der Waals surface area contributed by atoms with Crippen LogP contribution in [0.5, 0.6) is 0 Å². The summed E-state index contributed by atoms with van der Waals surface area (Å²) in [6.45, 7) is 7.60. The average Bonchev–Trinajstić information content (AvgIpc) is 3.94. The molecule has 0 bridgehead atoms. The lowest BCUT2D eigenvalue weighted by atomic mass is 9.95. The van der Waals surface area contributed by atoms with E-state index in [0.29, 0.717) is 11.3 Å². The molecule has 0 radical (unpaired) electrons. The molecule has 1 aromatic heterocycles. The van der Waals surface area contributed by atoms with Crippen LogP contribution < -0.4 is 5.32 Å². The zero-order valence-electron chi connectivity index (χ0n) is 27.3. The first kappa shape index (κ1) is 31.2. The Morgan fingerprint density at radius 2 is 1.74 bits per heavy atom. The second-order valence-electron chi connectivity index (χ2n) is 12.8. The largest absolute Gasteiger partial charge is 0.341 e. The van der Waals surface area contributed by atoms with Gasteiger partial charge in [-0.2, -0.15) is 0 Å². The number of aliphatic imine (C=N–C) groups is 1. The van der Waals surface area contributed by atoms with Crippen LogP contribution in [0, 0.1) is 5.82 Å². The first-order valence-electron chi connectivity index (χ1n) is 17.1. The highest BCUT2D eigenvalue weighted by Gasteiger charge is 2.39. The summed E-state index contributed by atoms with van der Waals surface area (Å²) in [4.78, 5) is 31.2. The van der Waals surface area contributed by atoms with Crippen molar-refractivity contribution >= 4 is 17.2 Å². The lowest BCUT2D eigenvalue weighted by Crippen LogP contribution is -2.47. The molecular weight excluding hydrogens is 587 g/mol. The van der Waals surface area contributed by atoms with Gasteiger partial charge in [0.1, 0.15) is 17.7 Å². The second kappa shape index (κ2) is 13.8. The van der Waals surface area contributed by atoms with Crippen molar-refractivity contribution in [1.82, 2.24) is 25.1 Å². The zero-order valence-corrected chi connectivity index (χ0v) is 27.3. The molecule has 242 valence electrons. The van der Waals surface area contributed by atoms with Gasteiger partial charge in [-0.25, -0.2) is 9.37 Å². The number of aromatic nitrogens is 2. The van der Waals surface area contributed by atoms with Crippen LogP contribution in [0.3, 0.4) is 0 Å². The lowest BCUT2D eigenvalue weighted by Gasteiger charge is -2.35. The van der Waals surface area contributed by atoms with Gasteiger partial charge in [0.15, 0.2) is 0 Å². The van der Waals surface area contributed by atoms with E-state index in [2.05, 4.69) is 63.2 Å². The molecule has 2 saturated heterocycles. The molecule has 0 unspecified atom stereocenters. The van der Waals surface area contributed by atoms with Gasteiger partial charge in [-0.15, -0.1) is 0 Å². The molecule has 4 aromatic rings. The maximum atomic E-state index is 15.3. The SMILES string of the molecule is CCN(CC)[C@@H](C(=O)N1CCC[C@H]1C1=NC=C(c2ccc(-c3ccc(-c4cnc([C@@H]5CCCN5)[nH]4)c(F)c3)cc2)C1)c1ccccc1. The van der Waals surface area contributed by atoms with Gasteiger partial charge in [0, 0.05) is 30.4 Å². The molecule has 4 heterocycles. The molecule has 3 aliphatic rings. The van der Waals surface area contributed by atoms with E-state index in [1.54, 1.807) is 12.3 Å². The summed E-state index contributed by atoms with van der Waals surface area (Å²) in [6, 6.07) is 23.7. The second-order valence-corrected chi connectivity index (χ2v) is 12.8. The normalized spacial score (nSPS) is 20.1.